The highest BCUT2D eigenvalue weighted by Gasteiger charge is 2.18. The third-order valence-corrected chi connectivity index (χ3v) is 3.00. The third-order valence-electron chi connectivity index (χ3n) is 2.65. The zero-order valence-corrected chi connectivity index (χ0v) is 10.1. The van der Waals surface area contributed by atoms with Crippen LogP contribution in [0.3, 0.4) is 0 Å². The Bertz CT molecular complexity index is 298. The van der Waals surface area contributed by atoms with Crippen LogP contribution in [-0.2, 0) is 6.42 Å². The number of benzene rings is 1. The van der Waals surface area contributed by atoms with Crippen molar-refractivity contribution >= 4 is 11.6 Å². The van der Waals surface area contributed by atoms with Crippen molar-refractivity contribution in [1.29, 1.82) is 0 Å². The van der Waals surface area contributed by atoms with Crippen LogP contribution in [0.4, 0.5) is 0 Å². The molecular weight excluding hydrogens is 194 g/mol. The monoisotopic (exact) mass is 211 g/mol. The molecule has 0 unspecified atom stereocenters. The number of nitrogens with one attached hydrogen (secondary N) is 1. The maximum atomic E-state index is 6.16. The summed E-state index contributed by atoms with van der Waals surface area (Å²) in [4.78, 5) is 0. The number of rotatable bonds is 3. The van der Waals surface area contributed by atoms with Crippen LogP contribution in [-0.4, -0.2) is 12.6 Å². The zero-order chi connectivity index (χ0) is 10.8. The summed E-state index contributed by atoms with van der Waals surface area (Å²) in [5, 5.41) is 4.15. The molecule has 0 fully saturated rings. The van der Waals surface area contributed by atoms with E-state index >= 15 is 0 Å². The second-order valence-corrected chi connectivity index (χ2v) is 4.75. The Labute approximate surface area is 91.5 Å². The van der Waals surface area contributed by atoms with Gasteiger partial charge in [-0.05, 0) is 51.4 Å². The van der Waals surface area contributed by atoms with Gasteiger partial charge in [-0.3, -0.25) is 0 Å². The molecule has 0 aliphatic rings. The molecule has 0 spiro atoms. The summed E-state index contributed by atoms with van der Waals surface area (Å²) >= 11 is 6.16. The first-order valence-corrected chi connectivity index (χ1v) is 5.27. The molecule has 0 aliphatic heterocycles. The van der Waals surface area contributed by atoms with Crippen molar-refractivity contribution in [1.82, 2.24) is 5.32 Å². The summed E-state index contributed by atoms with van der Waals surface area (Å²) in [5.74, 6) is 0. The molecule has 14 heavy (non-hydrogen) atoms. The zero-order valence-electron chi connectivity index (χ0n) is 9.32. The van der Waals surface area contributed by atoms with Gasteiger partial charge in [0.05, 0.1) is 0 Å². The molecule has 1 nitrogen and oxygen atoms in total. The molecule has 1 aromatic carbocycles. The van der Waals surface area contributed by atoms with Gasteiger partial charge < -0.3 is 5.32 Å². The highest BCUT2D eigenvalue weighted by atomic mass is 35.5. The molecule has 1 rings (SSSR count). The lowest BCUT2D eigenvalue weighted by Gasteiger charge is -2.25. The number of hydrogen-bond donors (Lipinski definition) is 1. The van der Waals surface area contributed by atoms with Crippen LogP contribution >= 0.6 is 11.6 Å². The van der Waals surface area contributed by atoms with Crippen LogP contribution in [0.15, 0.2) is 18.2 Å². The second kappa shape index (κ2) is 4.33. The molecule has 0 saturated heterocycles. The van der Waals surface area contributed by atoms with Crippen LogP contribution in [0, 0.1) is 6.92 Å². The first kappa shape index (κ1) is 11.5. The van der Waals surface area contributed by atoms with Gasteiger partial charge in [-0.1, -0.05) is 23.7 Å². The Balaban J connectivity index is 2.97. The number of halogens is 1. The molecule has 0 saturated carbocycles. The van der Waals surface area contributed by atoms with Crippen LogP contribution in [0.25, 0.3) is 0 Å². The lowest BCUT2D eigenvalue weighted by Crippen LogP contribution is -2.38. The number of likely N-dealkylation sites (N-methyl/N-ethyl adjacent to an activating group) is 1. The lowest BCUT2D eigenvalue weighted by atomic mass is 9.92. The van der Waals surface area contributed by atoms with E-state index in [1.54, 1.807) is 0 Å². The van der Waals surface area contributed by atoms with Gasteiger partial charge in [0.15, 0.2) is 0 Å². The van der Waals surface area contributed by atoms with Gasteiger partial charge >= 0.3 is 0 Å². The van der Waals surface area contributed by atoms with E-state index in [4.69, 9.17) is 11.6 Å². The van der Waals surface area contributed by atoms with E-state index in [1.165, 1.54) is 11.1 Å². The minimum absolute atomic E-state index is 0.0930. The molecule has 0 aliphatic carbocycles. The topological polar surface area (TPSA) is 12.0 Å². The van der Waals surface area contributed by atoms with Crippen LogP contribution < -0.4 is 5.32 Å². The van der Waals surface area contributed by atoms with E-state index in [0.717, 1.165) is 11.4 Å². The van der Waals surface area contributed by atoms with Crippen LogP contribution in [0.1, 0.15) is 25.0 Å². The molecule has 2 heteroatoms. The van der Waals surface area contributed by atoms with Gasteiger partial charge in [-0.2, -0.15) is 0 Å². The molecular formula is C12H18ClN. The average molecular weight is 212 g/mol. The molecule has 78 valence electrons. The SMILES string of the molecule is CNC(C)(C)Cc1c(C)cccc1Cl. The van der Waals surface area contributed by atoms with Crippen molar-refractivity contribution in [2.45, 2.75) is 32.7 Å². The highest BCUT2D eigenvalue weighted by Crippen LogP contribution is 2.23. The van der Waals surface area contributed by atoms with Gasteiger partial charge in [0.2, 0.25) is 0 Å². The highest BCUT2D eigenvalue weighted by molar-refractivity contribution is 6.31. The van der Waals surface area contributed by atoms with E-state index in [9.17, 15) is 0 Å². The summed E-state index contributed by atoms with van der Waals surface area (Å²) < 4.78 is 0. The second-order valence-electron chi connectivity index (χ2n) is 4.35. The van der Waals surface area contributed by atoms with Crippen molar-refractivity contribution in [2.75, 3.05) is 7.05 Å². The molecule has 0 radical (unpaired) electrons. The van der Waals surface area contributed by atoms with Gasteiger partial charge in [0.1, 0.15) is 0 Å². The predicted octanol–water partition coefficient (Wildman–Crippen LogP) is 3.19. The molecule has 0 amide bonds. The number of aryl methyl sites for hydroxylation is 1. The van der Waals surface area contributed by atoms with Crippen LogP contribution in [0.2, 0.25) is 5.02 Å². The van der Waals surface area contributed by atoms with E-state index in [-0.39, 0.29) is 5.54 Å². The average Bonchev–Trinajstić information content (AvgIpc) is 2.12. The summed E-state index contributed by atoms with van der Waals surface area (Å²) in [7, 11) is 1.98. The first-order chi connectivity index (χ1) is 6.46. The van der Waals surface area contributed by atoms with Crippen molar-refractivity contribution in [2.24, 2.45) is 0 Å². The third kappa shape index (κ3) is 2.73. The summed E-state index contributed by atoms with van der Waals surface area (Å²) in [6.45, 7) is 6.46. The minimum atomic E-state index is 0.0930. The largest absolute Gasteiger partial charge is 0.314 e. The van der Waals surface area contributed by atoms with Crippen molar-refractivity contribution in [3.8, 4) is 0 Å². The number of hydrogen-bond acceptors (Lipinski definition) is 1. The Morgan fingerprint density at radius 3 is 2.50 bits per heavy atom. The Morgan fingerprint density at radius 2 is 2.00 bits per heavy atom. The fourth-order valence-electron chi connectivity index (χ4n) is 1.42. The molecule has 0 atom stereocenters. The molecule has 0 bridgehead atoms. The summed E-state index contributed by atoms with van der Waals surface area (Å²) in [6, 6.07) is 6.05. The lowest BCUT2D eigenvalue weighted by molar-refractivity contribution is 0.421. The van der Waals surface area contributed by atoms with Crippen molar-refractivity contribution in [3.63, 3.8) is 0 Å². The van der Waals surface area contributed by atoms with Gasteiger partial charge in [0.25, 0.3) is 0 Å². The van der Waals surface area contributed by atoms with Crippen molar-refractivity contribution in [3.05, 3.63) is 34.3 Å². The molecule has 1 N–H and O–H groups in total. The fourth-order valence-corrected chi connectivity index (χ4v) is 1.71. The fraction of sp³-hybridized carbons (Fsp3) is 0.500. The van der Waals surface area contributed by atoms with Gasteiger partial charge in [-0.15, -0.1) is 0 Å². The Morgan fingerprint density at radius 1 is 1.36 bits per heavy atom. The van der Waals surface area contributed by atoms with E-state index in [0.29, 0.717) is 0 Å². The van der Waals surface area contributed by atoms with Gasteiger partial charge in [-0.25, -0.2) is 0 Å². The predicted molar refractivity (Wildman–Crippen MR) is 63.0 cm³/mol. The maximum Gasteiger partial charge on any atom is 0.0441 e. The van der Waals surface area contributed by atoms with Crippen LogP contribution in [0.5, 0.6) is 0 Å². The van der Waals surface area contributed by atoms with Gasteiger partial charge in [0, 0.05) is 10.6 Å². The standard InChI is InChI=1S/C12H18ClN/c1-9-6-5-7-11(13)10(9)8-12(2,3)14-4/h5-7,14H,8H2,1-4H3. The minimum Gasteiger partial charge on any atom is -0.314 e. The van der Waals surface area contributed by atoms with E-state index < -0.39 is 0 Å². The van der Waals surface area contributed by atoms with E-state index in [2.05, 4.69) is 32.2 Å². The Kier molecular flexibility index (Phi) is 3.57. The summed E-state index contributed by atoms with van der Waals surface area (Å²) in [5.41, 5.74) is 2.60. The molecule has 1 aromatic rings. The smallest absolute Gasteiger partial charge is 0.0441 e. The quantitative estimate of drug-likeness (QED) is 0.810. The molecule has 0 aromatic heterocycles. The van der Waals surface area contributed by atoms with E-state index in [1.807, 2.05) is 19.2 Å². The maximum absolute atomic E-state index is 6.16. The Hall–Kier alpha value is -0.530. The molecule has 0 heterocycles. The van der Waals surface area contributed by atoms with Crippen molar-refractivity contribution < 1.29 is 0 Å². The first-order valence-electron chi connectivity index (χ1n) is 4.89. The normalized spacial score (nSPS) is 11.8. The summed E-state index contributed by atoms with van der Waals surface area (Å²) in [6.07, 6.45) is 0.953.